The van der Waals surface area contributed by atoms with E-state index in [0.29, 0.717) is 16.4 Å². The Bertz CT molecular complexity index is 663. The van der Waals surface area contributed by atoms with Crippen molar-refractivity contribution in [2.45, 2.75) is 20.8 Å². The summed E-state index contributed by atoms with van der Waals surface area (Å²) in [6, 6.07) is 2.08. The Kier molecular flexibility index (Phi) is 3.14. The van der Waals surface area contributed by atoms with Gasteiger partial charge in [-0.3, -0.25) is 9.67 Å². The second-order valence-electron chi connectivity index (χ2n) is 4.34. The van der Waals surface area contributed by atoms with E-state index in [0.717, 1.165) is 22.5 Å². The number of nitrogens with zero attached hydrogens (tertiary/aromatic N) is 3. The second-order valence-corrected chi connectivity index (χ2v) is 4.71. The molecule has 0 fully saturated rings. The summed E-state index contributed by atoms with van der Waals surface area (Å²) >= 11 is 6.26. The number of hydrogen-bond acceptors (Lipinski definition) is 2. The molecule has 0 atom stereocenters. The highest BCUT2D eigenvalue weighted by molar-refractivity contribution is 6.34. The fraction of sp³-hybridized carbons (Fsp3) is 0.286. The lowest BCUT2D eigenvalue weighted by molar-refractivity contribution is 0.759. The van der Waals surface area contributed by atoms with E-state index in [1.54, 1.807) is 11.7 Å². The van der Waals surface area contributed by atoms with Crippen molar-refractivity contribution in [3.8, 4) is 23.7 Å². The van der Waals surface area contributed by atoms with E-state index in [2.05, 4.69) is 22.1 Å². The van der Waals surface area contributed by atoms with Crippen LogP contribution < -0.4 is 0 Å². The van der Waals surface area contributed by atoms with Gasteiger partial charge in [-0.1, -0.05) is 17.7 Å². The van der Waals surface area contributed by atoms with Gasteiger partial charge in [-0.05, 0) is 37.8 Å². The van der Waals surface area contributed by atoms with Gasteiger partial charge in [0.15, 0.2) is 0 Å². The first-order valence-corrected chi connectivity index (χ1v) is 5.97. The van der Waals surface area contributed by atoms with Crippen LogP contribution in [0.15, 0.2) is 6.07 Å². The summed E-state index contributed by atoms with van der Waals surface area (Å²) in [6.07, 6.45) is 5.42. The maximum absolute atomic E-state index is 6.26. The third kappa shape index (κ3) is 1.89. The van der Waals surface area contributed by atoms with Crippen LogP contribution in [0, 0.1) is 33.1 Å². The number of halogens is 1. The van der Waals surface area contributed by atoms with Gasteiger partial charge in [0.05, 0.1) is 5.69 Å². The van der Waals surface area contributed by atoms with Gasteiger partial charge in [0.1, 0.15) is 16.4 Å². The van der Waals surface area contributed by atoms with Crippen LogP contribution in [0.3, 0.4) is 0 Å². The maximum atomic E-state index is 6.26. The van der Waals surface area contributed by atoms with Gasteiger partial charge in [0.2, 0.25) is 0 Å². The zero-order valence-corrected chi connectivity index (χ0v) is 11.6. The van der Waals surface area contributed by atoms with E-state index in [1.807, 2.05) is 20.8 Å². The summed E-state index contributed by atoms with van der Waals surface area (Å²) in [5.41, 5.74) is 5.18. The number of aromatic nitrogens is 3. The first-order valence-electron chi connectivity index (χ1n) is 5.60. The Morgan fingerprint density at radius 2 is 1.89 bits per heavy atom. The average Bonchev–Trinajstić information content (AvgIpc) is 2.59. The Morgan fingerprint density at radius 1 is 1.22 bits per heavy atom. The molecular formula is C14H14ClN3. The summed E-state index contributed by atoms with van der Waals surface area (Å²) in [5, 5.41) is 4.85. The molecule has 0 saturated carbocycles. The van der Waals surface area contributed by atoms with E-state index >= 15 is 0 Å². The second kappa shape index (κ2) is 4.47. The molecule has 92 valence electrons. The average molecular weight is 260 g/mol. The number of rotatable bonds is 1. The molecule has 0 aliphatic heterocycles. The van der Waals surface area contributed by atoms with Gasteiger partial charge in [-0.15, -0.1) is 6.42 Å². The van der Waals surface area contributed by atoms with Crippen LogP contribution in [-0.4, -0.2) is 14.8 Å². The normalized spacial score (nSPS) is 10.4. The van der Waals surface area contributed by atoms with Crippen LogP contribution in [0.2, 0.25) is 5.02 Å². The van der Waals surface area contributed by atoms with Gasteiger partial charge in [-0.2, -0.15) is 5.10 Å². The van der Waals surface area contributed by atoms with Gasteiger partial charge in [0.25, 0.3) is 0 Å². The van der Waals surface area contributed by atoms with Crippen molar-refractivity contribution < 1.29 is 0 Å². The lowest BCUT2D eigenvalue weighted by atomic mass is 10.1. The molecule has 2 aromatic heterocycles. The minimum Gasteiger partial charge on any atom is -0.258 e. The summed E-state index contributed by atoms with van der Waals surface area (Å²) in [6.45, 7) is 6.00. The lowest BCUT2D eigenvalue weighted by Crippen LogP contribution is -1.97. The van der Waals surface area contributed by atoms with E-state index in [1.165, 1.54) is 0 Å². The number of aryl methyl sites for hydroxylation is 4. The molecule has 0 spiro atoms. The summed E-state index contributed by atoms with van der Waals surface area (Å²) < 4.78 is 1.61. The Hall–Kier alpha value is -1.79. The zero-order chi connectivity index (χ0) is 13.4. The van der Waals surface area contributed by atoms with Crippen LogP contribution in [0.25, 0.3) is 11.4 Å². The smallest absolute Gasteiger partial charge is 0.131 e. The predicted octanol–water partition coefficient (Wildman–Crippen LogP) is 3.04. The maximum Gasteiger partial charge on any atom is 0.131 e. The minimum atomic E-state index is 0.485. The van der Waals surface area contributed by atoms with Crippen molar-refractivity contribution in [1.82, 2.24) is 14.8 Å². The molecule has 0 radical (unpaired) electrons. The minimum absolute atomic E-state index is 0.485. The van der Waals surface area contributed by atoms with Crippen molar-refractivity contribution in [2.75, 3.05) is 0 Å². The van der Waals surface area contributed by atoms with E-state index in [4.69, 9.17) is 18.0 Å². The van der Waals surface area contributed by atoms with Crippen molar-refractivity contribution in [3.05, 3.63) is 33.6 Å². The molecule has 0 aliphatic carbocycles. The first kappa shape index (κ1) is 12.7. The molecule has 0 unspecified atom stereocenters. The van der Waals surface area contributed by atoms with Crippen molar-refractivity contribution in [3.63, 3.8) is 0 Å². The van der Waals surface area contributed by atoms with Crippen molar-refractivity contribution >= 4 is 11.6 Å². The van der Waals surface area contributed by atoms with Gasteiger partial charge in [-0.25, -0.2) is 0 Å². The van der Waals surface area contributed by atoms with Gasteiger partial charge < -0.3 is 0 Å². The van der Waals surface area contributed by atoms with E-state index in [9.17, 15) is 0 Å². The third-order valence-electron chi connectivity index (χ3n) is 3.01. The Balaban J connectivity index is 2.71. The van der Waals surface area contributed by atoms with E-state index < -0.39 is 0 Å². The Morgan fingerprint density at radius 3 is 2.44 bits per heavy atom. The quantitative estimate of drug-likeness (QED) is 0.737. The predicted molar refractivity (Wildman–Crippen MR) is 73.6 cm³/mol. The fourth-order valence-corrected chi connectivity index (χ4v) is 2.19. The molecule has 4 heteroatoms. The molecule has 2 aromatic rings. The lowest BCUT2D eigenvalue weighted by Gasteiger charge is -2.06. The molecule has 0 aliphatic rings. The summed E-state index contributed by atoms with van der Waals surface area (Å²) in [7, 11) is 1.78. The van der Waals surface area contributed by atoms with Gasteiger partial charge in [0, 0.05) is 12.7 Å². The molecule has 0 bridgehead atoms. The molecule has 18 heavy (non-hydrogen) atoms. The SMILES string of the molecule is C#Cc1c(Cl)c(-c2nc(C)c(C)cc2C)nn1C. The highest BCUT2D eigenvalue weighted by Crippen LogP contribution is 2.30. The monoisotopic (exact) mass is 259 g/mol. The summed E-state index contributed by atoms with van der Waals surface area (Å²) in [5.74, 6) is 2.54. The molecular weight excluding hydrogens is 246 g/mol. The van der Waals surface area contributed by atoms with Crippen LogP contribution in [-0.2, 0) is 7.05 Å². The Labute approximate surface area is 112 Å². The molecule has 0 N–H and O–H groups in total. The van der Waals surface area contributed by atoms with Crippen LogP contribution in [0.4, 0.5) is 0 Å². The van der Waals surface area contributed by atoms with Gasteiger partial charge >= 0.3 is 0 Å². The zero-order valence-electron chi connectivity index (χ0n) is 10.9. The standard InChI is InChI=1S/C14H14ClN3/c1-6-11-12(15)14(17-18(11)5)13-9(3)7-8(2)10(4)16-13/h1,7H,2-5H3. The third-order valence-corrected chi connectivity index (χ3v) is 3.37. The number of hydrogen-bond donors (Lipinski definition) is 0. The fourth-order valence-electron chi connectivity index (χ4n) is 1.89. The van der Waals surface area contributed by atoms with Crippen molar-refractivity contribution in [1.29, 1.82) is 0 Å². The van der Waals surface area contributed by atoms with Crippen molar-refractivity contribution in [2.24, 2.45) is 7.05 Å². The molecule has 0 amide bonds. The first-order chi connectivity index (χ1) is 8.45. The highest BCUT2D eigenvalue weighted by atomic mass is 35.5. The number of terminal acetylenes is 1. The molecule has 0 aromatic carbocycles. The summed E-state index contributed by atoms with van der Waals surface area (Å²) in [4.78, 5) is 4.56. The van der Waals surface area contributed by atoms with Crippen LogP contribution >= 0.6 is 11.6 Å². The van der Waals surface area contributed by atoms with Crippen LogP contribution in [0.1, 0.15) is 22.5 Å². The molecule has 2 rings (SSSR count). The van der Waals surface area contributed by atoms with E-state index in [-0.39, 0.29) is 0 Å². The topological polar surface area (TPSA) is 30.7 Å². The highest BCUT2D eigenvalue weighted by Gasteiger charge is 2.17. The largest absolute Gasteiger partial charge is 0.258 e. The molecule has 3 nitrogen and oxygen atoms in total. The number of pyridine rings is 1. The molecule has 0 saturated heterocycles. The molecule has 2 heterocycles. The van der Waals surface area contributed by atoms with Crippen LogP contribution in [0.5, 0.6) is 0 Å².